The second kappa shape index (κ2) is 4.23. The Morgan fingerprint density at radius 3 is 2.70 bits per heavy atom. The second-order valence-corrected chi connectivity index (χ2v) is 5.08. The topological polar surface area (TPSA) is 44.9 Å². The molecule has 0 aliphatic carbocycles. The molecule has 0 saturated carbocycles. The van der Waals surface area contributed by atoms with E-state index in [1.807, 2.05) is 42.5 Å². The van der Waals surface area contributed by atoms with Gasteiger partial charge in [0, 0.05) is 28.7 Å². The van der Waals surface area contributed by atoms with Gasteiger partial charge in [0.25, 0.3) is 0 Å². The normalized spacial score (nSPS) is 14.1. The van der Waals surface area contributed by atoms with Crippen LogP contribution in [0.15, 0.2) is 48.5 Å². The number of anilines is 1. The van der Waals surface area contributed by atoms with Crippen molar-refractivity contribution in [3.63, 3.8) is 0 Å². The molecule has 0 radical (unpaired) electrons. The highest BCUT2D eigenvalue weighted by Crippen LogP contribution is 2.29. The predicted molar refractivity (Wildman–Crippen MR) is 80.4 cm³/mol. The van der Waals surface area contributed by atoms with Crippen LogP contribution in [0.5, 0.6) is 0 Å². The zero-order valence-corrected chi connectivity index (χ0v) is 10.9. The standard InChI is InChI=1S/C17H14N2O/c20-17-13-6-2-3-7-14(13)18-10-9-12-11-5-1-4-8-15(11)19-16(12)17/h1-8,18-19H,9-10H2. The molecule has 1 aliphatic rings. The molecule has 20 heavy (non-hydrogen) atoms. The zero-order valence-electron chi connectivity index (χ0n) is 10.9. The number of H-pyrrole nitrogens is 1. The van der Waals surface area contributed by atoms with E-state index >= 15 is 0 Å². The summed E-state index contributed by atoms with van der Waals surface area (Å²) in [5, 5.41) is 4.51. The SMILES string of the molecule is O=C1c2ccccc2NCCc2c1[nH]c1ccccc21. The van der Waals surface area contributed by atoms with Crippen molar-refractivity contribution in [3.8, 4) is 0 Å². The van der Waals surface area contributed by atoms with E-state index in [1.165, 1.54) is 0 Å². The van der Waals surface area contributed by atoms with E-state index in [0.717, 1.165) is 46.4 Å². The van der Waals surface area contributed by atoms with Crippen LogP contribution in [0.3, 0.4) is 0 Å². The van der Waals surface area contributed by atoms with Crippen molar-refractivity contribution in [1.82, 2.24) is 4.98 Å². The first kappa shape index (κ1) is 11.3. The van der Waals surface area contributed by atoms with Crippen molar-refractivity contribution in [1.29, 1.82) is 0 Å². The van der Waals surface area contributed by atoms with Gasteiger partial charge in [-0.15, -0.1) is 0 Å². The fraction of sp³-hybridized carbons (Fsp3) is 0.118. The molecule has 1 aromatic heterocycles. The number of para-hydroxylation sites is 2. The quantitative estimate of drug-likeness (QED) is 0.652. The summed E-state index contributed by atoms with van der Waals surface area (Å²) in [5.74, 6) is 0.0685. The molecule has 0 fully saturated rings. The Balaban J connectivity index is 1.99. The van der Waals surface area contributed by atoms with Crippen LogP contribution in [0.4, 0.5) is 5.69 Å². The Morgan fingerprint density at radius 1 is 0.950 bits per heavy atom. The molecule has 0 unspecified atom stereocenters. The molecule has 0 amide bonds. The molecule has 3 nitrogen and oxygen atoms in total. The van der Waals surface area contributed by atoms with E-state index in [1.54, 1.807) is 0 Å². The number of carbonyl (C=O) groups excluding carboxylic acids is 1. The maximum atomic E-state index is 12.8. The van der Waals surface area contributed by atoms with Crippen molar-refractivity contribution in [2.24, 2.45) is 0 Å². The Bertz CT molecular complexity index is 817. The van der Waals surface area contributed by atoms with Crippen LogP contribution in [0.2, 0.25) is 0 Å². The lowest BCUT2D eigenvalue weighted by molar-refractivity contribution is 0.103. The van der Waals surface area contributed by atoms with E-state index in [-0.39, 0.29) is 5.78 Å². The van der Waals surface area contributed by atoms with Crippen molar-refractivity contribution >= 4 is 22.4 Å². The highest BCUT2D eigenvalue weighted by atomic mass is 16.1. The van der Waals surface area contributed by atoms with Gasteiger partial charge in [-0.3, -0.25) is 4.79 Å². The summed E-state index contributed by atoms with van der Waals surface area (Å²) >= 11 is 0. The third kappa shape index (κ3) is 1.56. The van der Waals surface area contributed by atoms with E-state index in [0.29, 0.717) is 0 Å². The van der Waals surface area contributed by atoms with Crippen LogP contribution in [0, 0.1) is 0 Å². The van der Waals surface area contributed by atoms with E-state index in [9.17, 15) is 4.79 Å². The summed E-state index contributed by atoms with van der Waals surface area (Å²) in [6.45, 7) is 0.832. The Kier molecular flexibility index (Phi) is 2.39. The maximum Gasteiger partial charge on any atom is 0.211 e. The summed E-state index contributed by atoms with van der Waals surface area (Å²) in [6, 6.07) is 15.8. The van der Waals surface area contributed by atoms with Crippen LogP contribution in [0.1, 0.15) is 21.6 Å². The van der Waals surface area contributed by atoms with Gasteiger partial charge in [0.15, 0.2) is 0 Å². The van der Waals surface area contributed by atoms with Crippen LogP contribution in [0.25, 0.3) is 10.9 Å². The molecule has 3 heteroatoms. The average Bonchev–Trinajstić information content (AvgIpc) is 2.84. The molecule has 1 aliphatic heterocycles. The highest BCUT2D eigenvalue weighted by molar-refractivity contribution is 6.14. The summed E-state index contributed by atoms with van der Waals surface area (Å²) in [4.78, 5) is 16.1. The third-order valence-corrected chi connectivity index (χ3v) is 3.90. The monoisotopic (exact) mass is 262 g/mol. The summed E-state index contributed by atoms with van der Waals surface area (Å²) in [7, 11) is 0. The Morgan fingerprint density at radius 2 is 1.75 bits per heavy atom. The average molecular weight is 262 g/mol. The molecule has 2 heterocycles. The van der Waals surface area contributed by atoms with Gasteiger partial charge in [-0.05, 0) is 30.2 Å². The molecular weight excluding hydrogens is 248 g/mol. The molecule has 98 valence electrons. The molecule has 4 rings (SSSR count). The number of hydrogen-bond donors (Lipinski definition) is 2. The van der Waals surface area contributed by atoms with Crippen LogP contribution in [-0.4, -0.2) is 17.3 Å². The molecule has 0 saturated heterocycles. The van der Waals surface area contributed by atoms with E-state index in [4.69, 9.17) is 0 Å². The van der Waals surface area contributed by atoms with Crippen molar-refractivity contribution in [3.05, 3.63) is 65.4 Å². The number of aromatic amines is 1. The van der Waals surface area contributed by atoms with Crippen LogP contribution < -0.4 is 5.32 Å². The second-order valence-electron chi connectivity index (χ2n) is 5.08. The largest absolute Gasteiger partial charge is 0.384 e. The molecule has 0 bridgehead atoms. The summed E-state index contributed by atoms with van der Waals surface area (Å²) in [6.07, 6.45) is 0.847. The lowest BCUT2D eigenvalue weighted by Gasteiger charge is -2.15. The lowest BCUT2D eigenvalue weighted by Crippen LogP contribution is -2.16. The fourth-order valence-electron chi connectivity index (χ4n) is 2.95. The predicted octanol–water partition coefficient (Wildman–Crippen LogP) is 3.37. The van der Waals surface area contributed by atoms with Crippen molar-refractivity contribution in [2.45, 2.75) is 6.42 Å². The number of carbonyl (C=O) groups is 1. The van der Waals surface area contributed by atoms with Crippen molar-refractivity contribution < 1.29 is 4.79 Å². The molecular formula is C17H14N2O. The number of fused-ring (bicyclic) bond motifs is 4. The Labute approximate surface area is 116 Å². The van der Waals surface area contributed by atoms with E-state index < -0.39 is 0 Å². The lowest BCUT2D eigenvalue weighted by atomic mass is 9.98. The molecule has 2 aromatic carbocycles. The van der Waals surface area contributed by atoms with Gasteiger partial charge in [-0.2, -0.15) is 0 Å². The minimum Gasteiger partial charge on any atom is -0.384 e. The number of benzene rings is 2. The van der Waals surface area contributed by atoms with Gasteiger partial charge in [0.1, 0.15) is 0 Å². The Hall–Kier alpha value is -2.55. The number of ketones is 1. The summed E-state index contributed by atoms with van der Waals surface area (Å²) < 4.78 is 0. The van der Waals surface area contributed by atoms with Gasteiger partial charge < -0.3 is 10.3 Å². The van der Waals surface area contributed by atoms with Gasteiger partial charge in [0.05, 0.1) is 5.69 Å². The first-order valence-electron chi connectivity index (χ1n) is 6.82. The number of rotatable bonds is 0. The minimum absolute atomic E-state index is 0.0685. The number of hydrogen-bond acceptors (Lipinski definition) is 2. The zero-order chi connectivity index (χ0) is 13.5. The first-order chi connectivity index (χ1) is 9.84. The van der Waals surface area contributed by atoms with Gasteiger partial charge in [-0.1, -0.05) is 30.3 Å². The van der Waals surface area contributed by atoms with Crippen molar-refractivity contribution in [2.75, 3.05) is 11.9 Å². The maximum absolute atomic E-state index is 12.8. The summed E-state index contributed by atoms with van der Waals surface area (Å²) in [5.41, 5.74) is 4.54. The van der Waals surface area contributed by atoms with Gasteiger partial charge in [-0.25, -0.2) is 0 Å². The first-order valence-corrected chi connectivity index (χ1v) is 6.82. The molecule has 0 atom stereocenters. The minimum atomic E-state index is 0.0685. The fourth-order valence-corrected chi connectivity index (χ4v) is 2.95. The molecule has 0 spiro atoms. The van der Waals surface area contributed by atoms with E-state index in [2.05, 4.69) is 16.4 Å². The smallest absolute Gasteiger partial charge is 0.211 e. The van der Waals surface area contributed by atoms with Crippen LogP contribution in [-0.2, 0) is 6.42 Å². The third-order valence-electron chi connectivity index (χ3n) is 3.90. The van der Waals surface area contributed by atoms with Gasteiger partial charge >= 0.3 is 0 Å². The number of nitrogens with one attached hydrogen (secondary N) is 2. The molecule has 3 aromatic rings. The highest BCUT2D eigenvalue weighted by Gasteiger charge is 2.22. The van der Waals surface area contributed by atoms with Crippen LogP contribution >= 0.6 is 0 Å². The molecule has 2 N–H and O–H groups in total. The number of aromatic nitrogens is 1. The van der Waals surface area contributed by atoms with Gasteiger partial charge in [0.2, 0.25) is 5.78 Å².